The van der Waals surface area contributed by atoms with Crippen molar-refractivity contribution >= 4 is 11.9 Å². The first-order chi connectivity index (χ1) is 9.67. The van der Waals surface area contributed by atoms with Crippen LogP contribution in [0.2, 0.25) is 0 Å². The van der Waals surface area contributed by atoms with E-state index >= 15 is 0 Å². The van der Waals surface area contributed by atoms with Gasteiger partial charge in [-0.3, -0.25) is 10.1 Å². The maximum Gasteiger partial charge on any atom is 0.327 e. The molecule has 0 bridgehead atoms. The minimum absolute atomic E-state index is 0.235. The number of benzene rings is 1. The highest BCUT2D eigenvalue weighted by molar-refractivity contribution is 5.81. The number of esters is 2. The van der Waals surface area contributed by atoms with Gasteiger partial charge in [0, 0.05) is 0 Å². The molecule has 0 amide bonds. The molecule has 0 spiro atoms. The third-order valence-electron chi connectivity index (χ3n) is 3.46. The zero-order chi connectivity index (χ0) is 14.5. The molecule has 1 saturated carbocycles. The lowest BCUT2D eigenvalue weighted by Crippen LogP contribution is -2.44. The molecule has 0 aromatic heterocycles. The van der Waals surface area contributed by atoms with Gasteiger partial charge in [0.1, 0.15) is 12.1 Å². The second-order valence-corrected chi connectivity index (χ2v) is 4.87. The molecule has 1 fully saturated rings. The molecule has 1 N–H and O–H groups in total. The molecule has 1 aromatic rings. The fraction of sp³-hybridized carbons (Fsp3) is 0.467. The second kappa shape index (κ2) is 6.52. The molecule has 20 heavy (non-hydrogen) atoms. The zero-order valence-corrected chi connectivity index (χ0v) is 11.7. The molecule has 1 aliphatic rings. The number of hydrogen-bond donors (Lipinski definition) is 1. The van der Waals surface area contributed by atoms with E-state index in [1.165, 1.54) is 14.2 Å². The van der Waals surface area contributed by atoms with Crippen LogP contribution < -0.4 is 5.32 Å². The van der Waals surface area contributed by atoms with Gasteiger partial charge in [0.15, 0.2) is 0 Å². The zero-order valence-electron chi connectivity index (χ0n) is 11.7. The summed E-state index contributed by atoms with van der Waals surface area (Å²) in [5.74, 6) is -0.513. The average molecular weight is 277 g/mol. The van der Waals surface area contributed by atoms with E-state index in [1.807, 2.05) is 30.3 Å². The van der Waals surface area contributed by atoms with Crippen LogP contribution in [0.5, 0.6) is 0 Å². The van der Waals surface area contributed by atoms with E-state index < -0.39 is 18.1 Å². The number of rotatable bonds is 6. The van der Waals surface area contributed by atoms with Gasteiger partial charge < -0.3 is 9.47 Å². The van der Waals surface area contributed by atoms with E-state index in [4.69, 9.17) is 9.47 Å². The van der Waals surface area contributed by atoms with Crippen molar-refractivity contribution in [3.63, 3.8) is 0 Å². The Morgan fingerprint density at radius 3 is 2.20 bits per heavy atom. The number of hydrogen-bond acceptors (Lipinski definition) is 5. The summed E-state index contributed by atoms with van der Waals surface area (Å²) in [5.41, 5.74) is 0.772. The van der Waals surface area contributed by atoms with Crippen LogP contribution in [0.4, 0.5) is 0 Å². The van der Waals surface area contributed by atoms with Crippen LogP contribution in [0, 0.1) is 5.92 Å². The Hall–Kier alpha value is -1.88. The third-order valence-corrected chi connectivity index (χ3v) is 3.46. The Labute approximate surface area is 118 Å². The van der Waals surface area contributed by atoms with Crippen molar-refractivity contribution in [3.05, 3.63) is 35.9 Å². The van der Waals surface area contributed by atoms with Gasteiger partial charge in [0.05, 0.1) is 14.2 Å². The predicted octanol–water partition coefficient (Wildman–Crippen LogP) is 1.44. The monoisotopic (exact) mass is 277 g/mol. The Morgan fingerprint density at radius 1 is 1.10 bits per heavy atom. The van der Waals surface area contributed by atoms with Crippen LogP contribution >= 0.6 is 0 Å². The van der Waals surface area contributed by atoms with Gasteiger partial charge in [-0.05, 0) is 24.3 Å². The second-order valence-electron chi connectivity index (χ2n) is 4.87. The Bertz CT molecular complexity index is 470. The lowest BCUT2D eigenvalue weighted by molar-refractivity contribution is -0.147. The molecule has 5 heteroatoms. The Morgan fingerprint density at radius 2 is 1.70 bits per heavy atom. The first kappa shape index (κ1) is 14.5. The lowest BCUT2D eigenvalue weighted by Gasteiger charge is -2.22. The van der Waals surface area contributed by atoms with Gasteiger partial charge in [-0.25, -0.2) is 4.79 Å². The summed E-state index contributed by atoms with van der Waals surface area (Å²) >= 11 is 0. The van der Waals surface area contributed by atoms with Crippen molar-refractivity contribution in [2.24, 2.45) is 5.92 Å². The molecular formula is C15H19NO4. The average Bonchev–Trinajstić information content (AvgIpc) is 3.32. The molecule has 0 radical (unpaired) electrons. The fourth-order valence-electron chi connectivity index (χ4n) is 2.20. The van der Waals surface area contributed by atoms with E-state index in [0.29, 0.717) is 0 Å². The summed E-state index contributed by atoms with van der Waals surface area (Å²) in [6.07, 6.45) is 1.94. The minimum atomic E-state index is -0.661. The van der Waals surface area contributed by atoms with Crippen LogP contribution in [-0.2, 0) is 19.1 Å². The van der Waals surface area contributed by atoms with Crippen molar-refractivity contribution < 1.29 is 19.1 Å². The van der Waals surface area contributed by atoms with E-state index in [2.05, 4.69) is 5.32 Å². The molecule has 5 nitrogen and oxygen atoms in total. The molecule has 0 saturated heterocycles. The van der Waals surface area contributed by atoms with Crippen molar-refractivity contribution in [1.82, 2.24) is 5.32 Å². The maximum absolute atomic E-state index is 12.0. The van der Waals surface area contributed by atoms with Crippen LogP contribution in [-0.4, -0.2) is 32.2 Å². The summed E-state index contributed by atoms with van der Waals surface area (Å²) in [6, 6.07) is 8.09. The molecule has 1 aliphatic carbocycles. The Balaban J connectivity index is 2.18. The van der Waals surface area contributed by atoms with Gasteiger partial charge in [-0.1, -0.05) is 30.3 Å². The van der Waals surface area contributed by atoms with Crippen LogP contribution in [0.15, 0.2) is 30.3 Å². The highest BCUT2D eigenvalue weighted by atomic mass is 16.5. The summed E-state index contributed by atoms with van der Waals surface area (Å²) < 4.78 is 9.64. The minimum Gasteiger partial charge on any atom is -0.468 e. The Kier molecular flexibility index (Phi) is 4.74. The van der Waals surface area contributed by atoms with Crippen LogP contribution in [0.25, 0.3) is 0 Å². The third kappa shape index (κ3) is 3.36. The first-order valence-corrected chi connectivity index (χ1v) is 6.64. The predicted molar refractivity (Wildman–Crippen MR) is 72.9 cm³/mol. The molecule has 2 atom stereocenters. The summed E-state index contributed by atoms with van der Waals surface area (Å²) in [5, 5.41) is 3.08. The van der Waals surface area contributed by atoms with E-state index in [0.717, 1.165) is 18.4 Å². The van der Waals surface area contributed by atoms with E-state index in [9.17, 15) is 9.59 Å². The molecule has 0 aliphatic heterocycles. The standard InChI is InChI=1S/C15H19NO4/c1-19-14(17)12(10-6-4-3-5-7-10)16-13(11-8-9-11)15(18)20-2/h3-7,11-13,16H,8-9H2,1-2H3. The fourth-order valence-corrected chi connectivity index (χ4v) is 2.20. The molecule has 2 unspecified atom stereocenters. The quantitative estimate of drug-likeness (QED) is 0.797. The van der Waals surface area contributed by atoms with Crippen molar-refractivity contribution in [2.45, 2.75) is 24.9 Å². The van der Waals surface area contributed by atoms with Gasteiger partial charge in [0.25, 0.3) is 0 Å². The summed E-state index contributed by atoms with van der Waals surface area (Å²) in [7, 11) is 2.69. The largest absolute Gasteiger partial charge is 0.468 e. The SMILES string of the molecule is COC(=O)C(NC(C(=O)OC)C1CC1)c1ccccc1. The van der Waals surface area contributed by atoms with Gasteiger partial charge >= 0.3 is 11.9 Å². The topological polar surface area (TPSA) is 64.6 Å². The maximum atomic E-state index is 12.0. The van der Waals surface area contributed by atoms with Crippen molar-refractivity contribution in [2.75, 3.05) is 14.2 Å². The molecule has 2 rings (SSSR count). The number of carbonyl (C=O) groups is 2. The number of ether oxygens (including phenoxy) is 2. The van der Waals surface area contributed by atoms with Gasteiger partial charge in [-0.15, -0.1) is 0 Å². The van der Waals surface area contributed by atoms with Crippen LogP contribution in [0.1, 0.15) is 24.4 Å². The number of nitrogens with one attached hydrogen (secondary N) is 1. The van der Waals surface area contributed by atoms with Crippen LogP contribution in [0.3, 0.4) is 0 Å². The number of methoxy groups -OCH3 is 2. The summed E-state index contributed by atoms with van der Waals surface area (Å²) in [4.78, 5) is 23.8. The molecule has 0 heterocycles. The number of carbonyl (C=O) groups excluding carboxylic acids is 2. The first-order valence-electron chi connectivity index (χ1n) is 6.64. The van der Waals surface area contributed by atoms with Crippen molar-refractivity contribution in [3.8, 4) is 0 Å². The van der Waals surface area contributed by atoms with Gasteiger partial charge in [-0.2, -0.15) is 0 Å². The smallest absolute Gasteiger partial charge is 0.327 e. The lowest BCUT2D eigenvalue weighted by atomic mass is 10.0. The molecule has 108 valence electrons. The summed E-state index contributed by atoms with van der Waals surface area (Å²) in [6.45, 7) is 0. The van der Waals surface area contributed by atoms with Crippen molar-refractivity contribution in [1.29, 1.82) is 0 Å². The molecular weight excluding hydrogens is 258 g/mol. The highest BCUT2D eigenvalue weighted by Gasteiger charge is 2.39. The van der Waals surface area contributed by atoms with Gasteiger partial charge in [0.2, 0.25) is 0 Å². The van der Waals surface area contributed by atoms with E-state index in [-0.39, 0.29) is 11.9 Å². The highest BCUT2D eigenvalue weighted by Crippen LogP contribution is 2.34. The van der Waals surface area contributed by atoms with E-state index in [1.54, 1.807) is 0 Å². The normalized spacial score (nSPS) is 17.1. The molecule has 1 aromatic carbocycles.